The van der Waals surface area contributed by atoms with Crippen LogP contribution in [0, 0.1) is 6.92 Å². The number of halogens is 1. The number of nitrogens with zero attached hydrogens (tertiary/aromatic N) is 3. The molecule has 2 aromatic rings. The predicted molar refractivity (Wildman–Crippen MR) is 67.8 cm³/mol. The molecule has 0 saturated carbocycles. The van der Waals surface area contributed by atoms with Crippen molar-refractivity contribution in [3.05, 3.63) is 33.0 Å². The molecule has 0 aromatic carbocycles. The summed E-state index contributed by atoms with van der Waals surface area (Å²) in [4.78, 5) is 15.9. The van der Waals surface area contributed by atoms with E-state index < -0.39 is 0 Å². The van der Waals surface area contributed by atoms with Gasteiger partial charge in [0, 0.05) is 11.9 Å². The second kappa shape index (κ2) is 4.98. The van der Waals surface area contributed by atoms with Gasteiger partial charge in [0.05, 0.1) is 28.3 Å². The fourth-order valence-corrected chi connectivity index (χ4v) is 2.39. The molecule has 0 unspecified atom stereocenters. The van der Waals surface area contributed by atoms with Crippen molar-refractivity contribution in [2.24, 2.45) is 0 Å². The molecule has 0 radical (unpaired) electrons. The normalized spacial score (nSPS) is 10.8. The van der Waals surface area contributed by atoms with E-state index >= 15 is 0 Å². The summed E-state index contributed by atoms with van der Waals surface area (Å²) in [5.74, 6) is -0.0252. The van der Waals surface area contributed by atoms with Crippen LogP contribution in [0.3, 0.4) is 0 Å². The lowest BCUT2D eigenvalue weighted by Gasteiger charge is -2.03. The number of aromatic nitrogens is 3. The van der Waals surface area contributed by atoms with E-state index in [1.165, 1.54) is 11.3 Å². The number of carbonyl (C=O) groups excluding carboxylic acids is 1. The number of hydrogen-bond acceptors (Lipinski definition) is 4. The zero-order valence-corrected chi connectivity index (χ0v) is 11.2. The van der Waals surface area contributed by atoms with E-state index in [9.17, 15) is 4.79 Å². The number of rotatable bonds is 4. The van der Waals surface area contributed by atoms with Crippen molar-refractivity contribution in [3.8, 4) is 0 Å². The van der Waals surface area contributed by atoms with Gasteiger partial charge in [0.2, 0.25) is 0 Å². The minimum Gasteiger partial charge on any atom is -0.292 e. The van der Waals surface area contributed by atoms with Crippen LogP contribution < -0.4 is 0 Å². The molecular formula is C11H12ClN3OS. The number of hydrogen-bond donors (Lipinski definition) is 0. The first kappa shape index (κ1) is 12.3. The van der Waals surface area contributed by atoms with E-state index in [0.29, 0.717) is 17.3 Å². The summed E-state index contributed by atoms with van der Waals surface area (Å²) in [6.45, 7) is 4.51. The molecular weight excluding hydrogens is 258 g/mol. The van der Waals surface area contributed by atoms with Crippen LogP contribution in [0.2, 0.25) is 5.02 Å². The molecule has 4 nitrogen and oxygen atoms in total. The van der Waals surface area contributed by atoms with Crippen molar-refractivity contribution >= 4 is 28.7 Å². The topological polar surface area (TPSA) is 47.8 Å². The molecule has 17 heavy (non-hydrogen) atoms. The standard InChI is InChI=1S/C11H12ClN3OS/c1-3-15-9(11(12)7(2)14-15)4-10(16)8-5-17-6-13-8/h5-6H,3-4H2,1-2H3. The van der Waals surface area contributed by atoms with Gasteiger partial charge in [-0.25, -0.2) is 4.98 Å². The number of carbonyl (C=O) groups is 1. The maximum Gasteiger partial charge on any atom is 0.188 e. The van der Waals surface area contributed by atoms with Gasteiger partial charge in [0.15, 0.2) is 5.78 Å². The smallest absolute Gasteiger partial charge is 0.188 e. The monoisotopic (exact) mass is 269 g/mol. The van der Waals surface area contributed by atoms with E-state index in [-0.39, 0.29) is 12.2 Å². The van der Waals surface area contributed by atoms with Gasteiger partial charge in [-0.3, -0.25) is 9.48 Å². The predicted octanol–water partition coefficient (Wildman–Crippen LogP) is 2.75. The average molecular weight is 270 g/mol. The Morgan fingerprint density at radius 1 is 1.59 bits per heavy atom. The van der Waals surface area contributed by atoms with Crippen molar-refractivity contribution in [1.29, 1.82) is 0 Å². The average Bonchev–Trinajstić information content (AvgIpc) is 2.92. The Bertz CT molecular complexity index is 533. The Balaban J connectivity index is 2.27. The van der Waals surface area contributed by atoms with Gasteiger partial charge in [-0.15, -0.1) is 11.3 Å². The summed E-state index contributed by atoms with van der Waals surface area (Å²) in [6, 6.07) is 0. The molecule has 0 bridgehead atoms. The molecule has 0 spiro atoms. The summed E-state index contributed by atoms with van der Waals surface area (Å²) in [5, 5.41) is 6.60. The van der Waals surface area contributed by atoms with Crippen LogP contribution in [0.4, 0.5) is 0 Å². The maximum atomic E-state index is 11.9. The third-order valence-corrected chi connectivity index (χ3v) is 3.58. The minimum absolute atomic E-state index is 0.0252. The van der Waals surface area contributed by atoms with Gasteiger partial charge in [-0.1, -0.05) is 11.6 Å². The van der Waals surface area contributed by atoms with Crippen molar-refractivity contribution < 1.29 is 4.79 Å². The summed E-state index contributed by atoms with van der Waals surface area (Å²) in [7, 11) is 0. The van der Waals surface area contributed by atoms with Crippen LogP contribution in [0.1, 0.15) is 28.8 Å². The van der Waals surface area contributed by atoms with Gasteiger partial charge in [-0.05, 0) is 13.8 Å². The van der Waals surface area contributed by atoms with Crippen LogP contribution in [0.25, 0.3) is 0 Å². The molecule has 2 aromatic heterocycles. The van der Waals surface area contributed by atoms with Crippen LogP contribution in [-0.4, -0.2) is 20.5 Å². The second-order valence-electron chi connectivity index (χ2n) is 3.64. The Hall–Kier alpha value is -1.20. The van der Waals surface area contributed by atoms with Gasteiger partial charge >= 0.3 is 0 Å². The van der Waals surface area contributed by atoms with Gasteiger partial charge < -0.3 is 0 Å². The summed E-state index contributed by atoms with van der Waals surface area (Å²) >= 11 is 7.56. The summed E-state index contributed by atoms with van der Waals surface area (Å²) in [6.07, 6.45) is 0.247. The van der Waals surface area contributed by atoms with Crippen LogP contribution in [0.15, 0.2) is 10.9 Å². The number of aryl methyl sites for hydroxylation is 2. The third-order valence-electron chi connectivity index (χ3n) is 2.50. The zero-order valence-electron chi connectivity index (χ0n) is 9.61. The molecule has 0 saturated heterocycles. The first-order valence-electron chi connectivity index (χ1n) is 5.26. The lowest BCUT2D eigenvalue weighted by atomic mass is 10.1. The minimum atomic E-state index is -0.0252. The molecule has 2 heterocycles. The van der Waals surface area contributed by atoms with E-state index in [2.05, 4.69) is 10.1 Å². The van der Waals surface area contributed by atoms with Crippen LogP contribution in [-0.2, 0) is 13.0 Å². The fourth-order valence-electron chi connectivity index (χ4n) is 1.63. The first-order chi connectivity index (χ1) is 8.13. The highest BCUT2D eigenvalue weighted by atomic mass is 35.5. The molecule has 0 atom stereocenters. The maximum absolute atomic E-state index is 11.9. The number of Topliss-reactive ketones (excluding diaryl/α,β-unsaturated/α-hetero) is 1. The molecule has 90 valence electrons. The number of thiazole rings is 1. The van der Waals surface area contributed by atoms with E-state index in [1.807, 2.05) is 13.8 Å². The van der Waals surface area contributed by atoms with E-state index in [0.717, 1.165) is 11.4 Å². The molecule has 0 aliphatic rings. The third kappa shape index (κ3) is 2.40. The van der Waals surface area contributed by atoms with Crippen molar-refractivity contribution in [1.82, 2.24) is 14.8 Å². The Morgan fingerprint density at radius 3 is 2.94 bits per heavy atom. The van der Waals surface area contributed by atoms with Gasteiger partial charge in [0.25, 0.3) is 0 Å². The largest absolute Gasteiger partial charge is 0.292 e. The highest BCUT2D eigenvalue weighted by Crippen LogP contribution is 2.21. The Labute approximate surface area is 108 Å². The van der Waals surface area contributed by atoms with E-state index in [1.54, 1.807) is 15.6 Å². The van der Waals surface area contributed by atoms with Crippen molar-refractivity contribution in [3.63, 3.8) is 0 Å². The van der Waals surface area contributed by atoms with Crippen molar-refractivity contribution in [2.75, 3.05) is 0 Å². The van der Waals surface area contributed by atoms with E-state index in [4.69, 9.17) is 11.6 Å². The fraction of sp³-hybridized carbons (Fsp3) is 0.364. The molecule has 0 amide bonds. The zero-order chi connectivity index (χ0) is 12.4. The Kier molecular flexibility index (Phi) is 3.59. The van der Waals surface area contributed by atoms with Gasteiger partial charge in [0.1, 0.15) is 5.69 Å². The summed E-state index contributed by atoms with van der Waals surface area (Å²) < 4.78 is 1.77. The summed E-state index contributed by atoms with van der Waals surface area (Å²) in [5.41, 5.74) is 3.67. The Morgan fingerprint density at radius 2 is 2.35 bits per heavy atom. The molecule has 0 aliphatic carbocycles. The van der Waals surface area contributed by atoms with Gasteiger partial charge in [-0.2, -0.15) is 5.10 Å². The molecule has 0 N–H and O–H groups in total. The lowest BCUT2D eigenvalue weighted by molar-refractivity contribution is 0.0986. The molecule has 6 heteroatoms. The quantitative estimate of drug-likeness (QED) is 0.802. The highest BCUT2D eigenvalue weighted by Gasteiger charge is 2.17. The van der Waals surface area contributed by atoms with Crippen LogP contribution >= 0.6 is 22.9 Å². The molecule has 0 fully saturated rings. The second-order valence-corrected chi connectivity index (χ2v) is 4.73. The highest BCUT2D eigenvalue weighted by molar-refractivity contribution is 7.07. The van der Waals surface area contributed by atoms with Crippen LogP contribution in [0.5, 0.6) is 0 Å². The molecule has 0 aliphatic heterocycles. The molecule has 2 rings (SSSR count). The van der Waals surface area contributed by atoms with Crippen molar-refractivity contribution in [2.45, 2.75) is 26.8 Å². The lowest BCUT2D eigenvalue weighted by Crippen LogP contribution is -2.10. The number of ketones is 1. The SMILES string of the molecule is CCn1nc(C)c(Cl)c1CC(=O)c1cscn1. The first-order valence-corrected chi connectivity index (χ1v) is 6.58.